The highest BCUT2D eigenvalue weighted by atomic mass is 32.1. The van der Waals surface area contributed by atoms with Crippen LogP contribution in [0.2, 0.25) is 0 Å². The van der Waals surface area contributed by atoms with Crippen molar-refractivity contribution >= 4 is 23.2 Å². The van der Waals surface area contributed by atoms with Gasteiger partial charge in [0.15, 0.2) is 0 Å². The van der Waals surface area contributed by atoms with E-state index < -0.39 is 11.9 Å². The Bertz CT molecular complexity index is 400. The van der Waals surface area contributed by atoms with Crippen LogP contribution in [0.3, 0.4) is 0 Å². The van der Waals surface area contributed by atoms with Crippen molar-refractivity contribution in [3.63, 3.8) is 0 Å². The van der Waals surface area contributed by atoms with Crippen molar-refractivity contribution < 1.29 is 14.7 Å². The van der Waals surface area contributed by atoms with Crippen LogP contribution in [0.15, 0.2) is 11.4 Å². The van der Waals surface area contributed by atoms with Gasteiger partial charge in [0, 0.05) is 13.6 Å². The zero-order chi connectivity index (χ0) is 12.3. The summed E-state index contributed by atoms with van der Waals surface area (Å²) in [4.78, 5) is 24.7. The van der Waals surface area contributed by atoms with Gasteiger partial charge < -0.3 is 10.0 Å². The molecule has 0 aliphatic rings. The summed E-state index contributed by atoms with van der Waals surface area (Å²) >= 11 is 1.38. The van der Waals surface area contributed by atoms with Gasteiger partial charge in [-0.25, -0.2) is 0 Å². The zero-order valence-electron chi connectivity index (χ0n) is 9.56. The number of thiophene rings is 1. The van der Waals surface area contributed by atoms with E-state index in [2.05, 4.69) is 0 Å². The van der Waals surface area contributed by atoms with Crippen molar-refractivity contribution in [3.05, 3.63) is 21.9 Å². The first-order chi connectivity index (χ1) is 7.43. The molecule has 1 rings (SSSR count). The molecular weight excluding hydrogens is 226 g/mol. The largest absolute Gasteiger partial charge is 0.481 e. The number of carbonyl (C=O) groups excluding carboxylic acids is 1. The molecule has 1 aromatic heterocycles. The molecule has 0 fully saturated rings. The molecule has 0 spiro atoms. The lowest BCUT2D eigenvalue weighted by Crippen LogP contribution is -2.33. The molecule has 0 aromatic carbocycles. The lowest BCUT2D eigenvalue weighted by Gasteiger charge is -2.19. The fourth-order valence-electron chi connectivity index (χ4n) is 1.34. The molecule has 0 aliphatic carbocycles. The van der Waals surface area contributed by atoms with Gasteiger partial charge >= 0.3 is 5.97 Å². The Morgan fingerprint density at radius 2 is 2.19 bits per heavy atom. The predicted molar refractivity (Wildman–Crippen MR) is 62.8 cm³/mol. The maximum absolute atomic E-state index is 11.9. The summed E-state index contributed by atoms with van der Waals surface area (Å²) in [5.41, 5.74) is 0.935. The van der Waals surface area contributed by atoms with Crippen molar-refractivity contribution in [3.8, 4) is 0 Å². The molecule has 1 aromatic rings. The third-order valence-corrected chi connectivity index (χ3v) is 3.38. The van der Waals surface area contributed by atoms with Crippen LogP contribution in [0.5, 0.6) is 0 Å². The topological polar surface area (TPSA) is 57.6 Å². The molecule has 0 bridgehead atoms. The van der Waals surface area contributed by atoms with Crippen molar-refractivity contribution in [1.29, 1.82) is 0 Å². The van der Waals surface area contributed by atoms with Crippen LogP contribution in [-0.4, -0.2) is 35.5 Å². The minimum absolute atomic E-state index is 0.111. The van der Waals surface area contributed by atoms with Crippen LogP contribution < -0.4 is 0 Å². The summed E-state index contributed by atoms with van der Waals surface area (Å²) in [6, 6.07) is 1.88. The van der Waals surface area contributed by atoms with Crippen LogP contribution >= 0.6 is 11.3 Å². The van der Waals surface area contributed by atoms with Crippen molar-refractivity contribution in [2.75, 3.05) is 13.6 Å². The van der Waals surface area contributed by atoms with Crippen LogP contribution in [0, 0.1) is 12.8 Å². The summed E-state index contributed by atoms with van der Waals surface area (Å²) < 4.78 is 0. The molecule has 0 saturated heterocycles. The van der Waals surface area contributed by atoms with Gasteiger partial charge in [-0.15, -0.1) is 11.3 Å². The second-order valence-corrected chi connectivity index (χ2v) is 4.77. The molecule has 0 radical (unpaired) electrons. The number of carboxylic acid groups (broad SMARTS) is 1. The van der Waals surface area contributed by atoms with E-state index in [-0.39, 0.29) is 12.5 Å². The van der Waals surface area contributed by atoms with Gasteiger partial charge in [0.25, 0.3) is 5.91 Å². The van der Waals surface area contributed by atoms with E-state index >= 15 is 0 Å². The Labute approximate surface area is 98.5 Å². The number of hydrogen-bond donors (Lipinski definition) is 1. The van der Waals surface area contributed by atoms with Gasteiger partial charge in [-0.05, 0) is 23.9 Å². The quantitative estimate of drug-likeness (QED) is 0.875. The van der Waals surface area contributed by atoms with Gasteiger partial charge in [0.1, 0.15) is 0 Å². The number of amides is 1. The Balaban J connectivity index is 2.69. The number of carboxylic acids is 1. The van der Waals surface area contributed by atoms with Crippen LogP contribution in [0.25, 0.3) is 0 Å². The van der Waals surface area contributed by atoms with Gasteiger partial charge in [-0.1, -0.05) is 6.92 Å². The van der Waals surface area contributed by atoms with Crippen LogP contribution in [0.4, 0.5) is 0 Å². The average molecular weight is 241 g/mol. The smallest absolute Gasteiger partial charge is 0.308 e. The first-order valence-corrected chi connectivity index (χ1v) is 5.83. The zero-order valence-corrected chi connectivity index (χ0v) is 10.4. The van der Waals surface area contributed by atoms with Gasteiger partial charge in [-0.2, -0.15) is 0 Å². The molecule has 1 N–H and O–H groups in total. The Morgan fingerprint density at radius 3 is 2.62 bits per heavy atom. The number of rotatable bonds is 4. The highest BCUT2D eigenvalue weighted by molar-refractivity contribution is 7.12. The maximum Gasteiger partial charge on any atom is 0.308 e. The standard InChI is InChI=1S/C11H15NO3S/c1-7-4-5-16-9(7)10(13)12(3)6-8(2)11(14)15/h4-5,8H,6H2,1-3H3,(H,14,15). The van der Waals surface area contributed by atoms with Gasteiger partial charge in [0.05, 0.1) is 10.8 Å². The van der Waals surface area contributed by atoms with E-state index in [0.29, 0.717) is 4.88 Å². The minimum Gasteiger partial charge on any atom is -0.481 e. The van der Waals surface area contributed by atoms with Crippen molar-refractivity contribution in [2.24, 2.45) is 5.92 Å². The highest BCUT2D eigenvalue weighted by Crippen LogP contribution is 2.17. The molecule has 1 heterocycles. The third-order valence-electron chi connectivity index (χ3n) is 2.37. The van der Waals surface area contributed by atoms with Crippen LogP contribution in [0.1, 0.15) is 22.2 Å². The minimum atomic E-state index is -0.887. The molecule has 1 unspecified atom stereocenters. The lowest BCUT2D eigenvalue weighted by molar-refractivity contribution is -0.141. The SMILES string of the molecule is Cc1ccsc1C(=O)N(C)CC(C)C(=O)O. The monoisotopic (exact) mass is 241 g/mol. The van der Waals surface area contributed by atoms with Gasteiger partial charge in [-0.3, -0.25) is 9.59 Å². The molecule has 5 heteroatoms. The Hall–Kier alpha value is -1.36. The predicted octanol–water partition coefficient (Wildman–Crippen LogP) is 1.85. The molecule has 1 amide bonds. The van der Waals surface area contributed by atoms with E-state index in [9.17, 15) is 9.59 Å². The third kappa shape index (κ3) is 2.82. The molecule has 0 saturated carbocycles. The number of carbonyl (C=O) groups is 2. The summed E-state index contributed by atoms with van der Waals surface area (Å²) in [7, 11) is 1.63. The highest BCUT2D eigenvalue weighted by Gasteiger charge is 2.20. The van der Waals surface area contributed by atoms with E-state index in [1.54, 1.807) is 14.0 Å². The number of aryl methyl sites for hydroxylation is 1. The number of aliphatic carboxylic acids is 1. The summed E-state index contributed by atoms with van der Waals surface area (Å²) in [5, 5.41) is 10.6. The summed E-state index contributed by atoms with van der Waals surface area (Å²) in [6.07, 6.45) is 0. The maximum atomic E-state index is 11.9. The lowest BCUT2D eigenvalue weighted by atomic mass is 10.1. The normalized spacial score (nSPS) is 12.2. The molecule has 88 valence electrons. The summed E-state index contributed by atoms with van der Waals surface area (Å²) in [6.45, 7) is 3.69. The molecule has 0 aliphatic heterocycles. The molecule has 16 heavy (non-hydrogen) atoms. The van der Waals surface area contributed by atoms with Crippen molar-refractivity contribution in [2.45, 2.75) is 13.8 Å². The van der Waals surface area contributed by atoms with E-state index in [1.165, 1.54) is 16.2 Å². The van der Waals surface area contributed by atoms with Crippen molar-refractivity contribution in [1.82, 2.24) is 4.90 Å². The average Bonchev–Trinajstić information content (AvgIpc) is 2.62. The number of nitrogens with zero attached hydrogens (tertiary/aromatic N) is 1. The molecule has 1 atom stereocenters. The Morgan fingerprint density at radius 1 is 1.56 bits per heavy atom. The fourth-order valence-corrected chi connectivity index (χ4v) is 2.26. The van der Waals surface area contributed by atoms with E-state index in [0.717, 1.165) is 5.56 Å². The second kappa shape index (κ2) is 5.12. The molecule has 4 nitrogen and oxygen atoms in total. The first kappa shape index (κ1) is 12.7. The summed E-state index contributed by atoms with van der Waals surface area (Å²) in [5.74, 6) is -1.54. The Kier molecular flexibility index (Phi) is 4.06. The first-order valence-electron chi connectivity index (χ1n) is 4.96. The second-order valence-electron chi connectivity index (χ2n) is 3.86. The fraction of sp³-hybridized carbons (Fsp3) is 0.455. The number of hydrogen-bond acceptors (Lipinski definition) is 3. The van der Waals surface area contributed by atoms with Gasteiger partial charge in [0.2, 0.25) is 0 Å². The van der Waals surface area contributed by atoms with E-state index in [4.69, 9.17) is 5.11 Å². The molecular formula is C11H15NO3S. The van der Waals surface area contributed by atoms with E-state index in [1.807, 2.05) is 18.4 Å². The van der Waals surface area contributed by atoms with Crippen LogP contribution in [-0.2, 0) is 4.79 Å².